The molecule has 116 valence electrons. The van der Waals surface area contributed by atoms with Gasteiger partial charge in [0.1, 0.15) is 0 Å². The van der Waals surface area contributed by atoms with Gasteiger partial charge in [-0.05, 0) is 49.3 Å². The predicted octanol–water partition coefficient (Wildman–Crippen LogP) is 3.62. The fraction of sp³-hybridized carbons (Fsp3) is 0.611. The van der Waals surface area contributed by atoms with Crippen LogP contribution >= 0.6 is 0 Å². The lowest BCUT2D eigenvalue weighted by atomic mass is 9.83. The molecule has 3 nitrogen and oxygen atoms in total. The first-order chi connectivity index (χ1) is 10.2. The van der Waals surface area contributed by atoms with Crippen molar-refractivity contribution in [3.8, 4) is 0 Å². The normalized spacial score (nSPS) is 22.0. The Kier molecular flexibility index (Phi) is 6.24. The van der Waals surface area contributed by atoms with E-state index < -0.39 is 0 Å². The van der Waals surface area contributed by atoms with Gasteiger partial charge in [0.2, 0.25) is 0 Å². The van der Waals surface area contributed by atoms with Crippen molar-refractivity contribution in [3.63, 3.8) is 0 Å². The molecule has 1 saturated carbocycles. The molecule has 2 rings (SSSR count). The molecule has 3 heteroatoms. The third kappa shape index (κ3) is 4.85. The molecule has 0 unspecified atom stereocenters. The van der Waals surface area contributed by atoms with Crippen molar-refractivity contribution in [2.24, 2.45) is 11.7 Å². The van der Waals surface area contributed by atoms with Crippen LogP contribution in [0.3, 0.4) is 0 Å². The summed E-state index contributed by atoms with van der Waals surface area (Å²) in [4.78, 5) is 12.2. The quantitative estimate of drug-likeness (QED) is 0.840. The van der Waals surface area contributed by atoms with E-state index in [0.29, 0.717) is 12.6 Å². The Labute approximate surface area is 128 Å². The molecule has 0 aliphatic heterocycles. The zero-order chi connectivity index (χ0) is 15.1. The second-order valence-electron chi connectivity index (χ2n) is 6.23. The molecule has 1 aliphatic rings. The lowest BCUT2D eigenvalue weighted by molar-refractivity contribution is 0.0921. The minimum absolute atomic E-state index is 0.0515. The van der Waals surface area contributed by atoms with Crippen molar-refractivity contribution in [3.05, 3.63) is 35.4 Å². The van der Waals surface area contributed by atoms with Crippen LogP contribution in [0.15, 0.2) is 24.3 Å². The number of benzene rings is 1. The highest BCUT2D eigenvalue weighted by molar-refractivity contribution is 5.94. The number of rotatable bonds is 6. The van der Waals surface area contributed by atoms with Gasteiger partial charge in [-0.3, -0.25) is 4.79 Å². The van der Waals surface area contributed by atoms with Gasteiger partial charge in [-0.1, -0.05) is 38.3 Å². The molecule has 1 aliphatic carbocycles. The highest BCUT2D eigenvalue weighted by atomic mass is 16.1. The van der Waals surface area contributed by atoms with Crippen LogP contribution in [-0.4, -0.2) is 11.9 Å². The van der Waals surface area contributed by atoms with Crippen LogP contribution in [0, 0.1) is 5.92 Å². The number of nitrogens with two attached hydrogens (primary N) is 1. The Hall–Kier alpha value is -1.35. The van der Waals surface area contributed by atoms with Crippen molar-refractivity contribution < 1.29 is 4.79 Å². The zero-order valence-electron chi connectivity index (χ0n) is 13.1. The van der Waals surface area contributed by atoms with Gasteiger partial charge in [0, 0.05) is 18.2 Å². The Morgan fingerprint density at radius 2 is 1.86 bits per heavy atom. The predicted molar refractivity (Wildman–Crippen MR) is 87.1 cm³/mol. The van der Waals surface area contributed by atoms with E-state index in [1.807, 2.05) is 24.3 Å². The largest absolute Gasteiger partial charge is 0.349 e. The summed E-state index contributed by atoms with van der Waals surface area (Å²) < 4.78 is 0. The summed E-state index contributed by atoms with van der Waals surface area (Å²) in [6.45, 7) is 2.77. The number of hydrogen-bond acceptors (Lipinski definition) is 2. The van der Waals surface area contributed by atoms with E-state index in [0.717, 1.165) is 29.9 Å². The molecule has 21 heavy (non-hydrogen) atoms. The van der Waals surface area contributed by atoms with Crippen molar-refractivity contribution >= 4 is 5.91 Å². The van der Waals surface area contributed by atoms with Crippen molar-refractivity contribution in [2.45, 2.75) is 64.5 Å². The van der Waals surface area contributed by atoms with E-state index in [1.165, 1.54) is 32.1 Å². The van der Waals surface area contributed by atoms with E-state index in [9.17, 15) is 4.79 Å². The Bertz CT molecular complexity index is 433. The molecule has 1 aromatic carbocycles. The molecule has 0 atom stereocenters. The maximum atomic E-state index is 12.2. The summed E-state index contributed by atoms with van der Waals surface area (Å²) in [6, 6.07) is 7.94. The maximum absolute atomic E-state index is 12.2. The molecule has 0 radical (unpaired) electrons. The number of carbonyl (C=O) groups is 1. The van der Waals surface area contributed by atoms with Gasteiger partial charge >= 0.3 is 0 Å². The van der Waals surface area contributed by atoms with Gasteiger partial charge in [-0.25, -0.2) is 0 Å². The van der Waals surface area contributed by atoms with Crippen LogP contribution in [-0.2, 0) is 6.54 Å². The van der Waals surface area contributed by atoms with Crippen LogP contribution in [0.4, 0.5) is 0 Å². The molecule has 0 aromatic heterocycles. The Morgan fingerprint density at radius 3 is 2.43 bits per heavy atom. The van der Waals surface area contributed by atoms with Crippen LogP contribution in [0.2, 0.25) is 0 Å². The van der Waals surface area contributed by atoms with Gasteiger partial charge < -0.3 is 11.1 Å². The fourth-order valence-electron chi connectivity index (χ4n) is 3.15. The molecule has 1 fully saturated rings. The highest BCUT2D eigenvalue weighted by Crippen LogP contribution is 2.28. The molecule has 0 spiro atoms. The summed E-state index contributed by atoms with van der Waals surface area (Å²) in [5.41, 5.74) is 7.37. The van der Waals surface area contributed by atoms with Crippen molar-refractivity contribution in [1.29, 1.82) is 0 Å². The van der Waals surface area contributed by atoms with Crippen LogP contribution < -0.4 is 11.1 Å². The Balaban J connectivity index is 1.78. The second-order valence-corrected chi connectivity index (χ2v) is 6.23. The minimum atomic E-state index is 0.0515. The molecule has 3 N–H and O–H groups in total. The molecule has 0 saturated heterocycles. The lowest BCUT2D eigenvalue weighted by Crippen LogP contribution is -2.37. The monoisotopic (exact) mass is 288 g/mol. The summed E-state index contributed by atoms with van der Waals surface area (Å²) in [7, 11) is 0. The van der Waals surface area contributed by atoms with Crippen LogP contribution in [0.5, 0.6) is 0 Å². The summed E-state index contributed by atoms with van der Waals surface area (Å²) in [5.74, 6) is 0.928. The molecule has 1 amide bonds. The summed E-state index contributed by atoms with van der Waals surface area (Å²) in [6.07, 6.45) is 8.76. The van der Waals surface area contributed by atoms with Gasteiger partial charge in [0.15, 0.2) is 0 Å². The minimum Gasteiger partial charge on any atom is -0.349 e. The SMILES string of the molecule is CCCCC1CCC(NC(=O)c2ccc(CN)cc2)CC1. The summed E-state index contributed by atoms with van der Waals surface area (Å²) >= 11 is 0. The van der Waals surface area contributed by atoms with E-state index >= 15 is 0 Å². The van der Waals surface area contributed by atoms with Crippen LogP contribution in [0.25, 0.3) is 0 Å². The smallest absolute Gasteiger partial charge is 0.251 e. The molecular formula is C18H28N2O. The first-order valence-electron chi connectivity index (χ1n) is 8.32. The van der Waals surface area contributed by atoms with E-state index in [-0.39, 0.29) is 5.91 Å². The molecule has 0 heterocycles. The van der Waals surface area contributed by atoms with Gasteiger partial charge in [0.25, 0.3) is 5.91 Å². The maximum Gasteiger partial charge on any atom is 0.251 e. The van der Waals surface area contributed by atoms with Gasteiger partial charge in [0.05, 0.1) is 0 Å². The molecule has 0 bridgehead atoms. The van der Waals surface area contributed by atoms with E-state index in [4.69, 9.17) is 5.73 Å². The third-order valence-corrected chi connectivity index (χ3v) is 4.60. The van der Waals surface area contributed by atoms with E-state index in [1.54, 1.807) is 0 Å². The molecule has 1 aromatic rings. The fourth-order valence-corrected chi connectivity index (χ4v) is 3.15. The average molecular weight is 288 g/mol. The lowest BCUT2D eigenvalue weighted by Gasteiger charge is -2.29. The first kappa shape index (κ1) is 16.0. The zero-order valence-corrected chi connectivity index (χ0v) is 13.1. The first-order valence-corrected chi connectivity index (χ1v) is 8.32. The molecular weight excluding hydrogens is 260 g/mol. The highest BCUT2D eigenvalue weighted by Gasteiger charge is 2.22. The number of hydrogen-bond donors (Lipinski definition) is 2. The number of carbonyl (C=O) groups excluding carboxylic acids is 1. The number of amides is 1. The standard InChI is InChI=1S/C18H28N2O/c1-2-3-4-14-7-11-17(12-8-14)20-18(21)16-9-5-15(13-19)6-10-16/h5-6,9-10,14,17H,2-4,7-8,11-13,19H2,1H3,(H,20,21). The third-order valence-electron chi connectivity index (χ3n) is 4.60. The van der Waals surface area contributed by atoms with Crippen LogP contribution in [0.1, 0.15) is 67.8 Å². The number of unbranched alkanes of at least 4 members (excludes halogenated alkanes) is 1. The second kappa shape index (κ2) is 8.18. The van der Waals surface area contributed by atoms with Gasteiger partial charge in [-0.15, -0.1) is 0 Å². The Morgan fingerprint density at radius 1 is 1.19 bits per heavy atom. The van der Waals surface area contributed by atoms with Crippen molar-refractivity contribution in [2.75, 3.05) is 0 Å². The average Bonchev–Trinajstić information content (AvgIpc) is 2.54. The topological polar surface area (TPSA) is 55.1 Å². The summed E-state index contributed by atoms with van der Waals surface area (Å²) in [5, 5.41) is 3.18. The van der Waals surface area contributed by atoms with Crippen molar-refractivity contribution in [1.82, 2.24) is 5.32 Å². The number of nitrogens with one attached hydrogen (secondary N) is 1. The van der Waals surface area contributed by atoms with Gasteiger partial charge in [-0.2, -0.15) is 0 Å². The van der Waals surface area contributed by atoms with E-state index in [2.05, 4.69) is 12.2 Å².